The molecule has 0 atom stereocenters. The van der Waals surface area contributed by atoms with Crippen LogP contribution in [0.1, 0.15) is 10.4 Å². The normalized spacial score (nSPS) is 10.1. The van der Waals surface area contributed by atoms with Gasteiger partial charge in [0.05, 0.1) is 5.56 Å². The van der Waals surface area contributed by atoms with Gasteiger partial charge in [-0.15, -0.1) is 0 Å². The highest BCUT2D eigenvalue weighted by Crippen LogP contribution is 2.23. The number of carbonyl (C=O) groups excluding carboxylic acids is 1. The fourth-order valence-electron chi connectivity index (χ4n) is 1.28. The number of amides is 1. The Morgan fingerprint density at radius 2 is 2.17 bits per heavy atom. The van der Waals surface area contributed by atoms with Crippen molar-refractivity contribution in [3.8, 4) is 5.75 Å². The molecule has 0 radical (unpaired) electrons. The first-order valence-electron chi connectivity index (χ1n) is 4.84. The molecule has 92 valence electrons. The molecule has 5 nitrogen and oxygen atoms in total. The van der Waals surface area contributed by atoms with Crippen molar-refractivity contribution in [2.45, 2.75) is 0 Å². The summed E-state index contributed by atoms with van der Waals surface area (Å²) in [6.07, 6.45) is 1.42. The zero-order chi connectivity index (χ0) is 13.1. The second-order valence-electron chi connectivity index (χ2n) is 3.33. The Hall–Kier alpha value is -1.66. The van der Waals surface area contributed by atoms with E-state index in [2.05, 4.69) is 31.2 Å². The number of anilines is 1. The van der Waals surface area contributed by atoms with Gasteiger partial charge >= 0.3 is 0 Å². The molecule has 0 aliphatic carbocycles. The molecule has 0 fully saturated rings. The van der Waals surface area contributed by atoms with Crippen LogP contribution in [0.15, 0.2) is 34.9 Å². The summed E-state index contributed by atoms with van der Waals surface area (Å²) in [5.41, 5.74) is 0.146. The van der Waals surface area contributed by atoms with E-state index in [1.165, 1.54) is 24.4 Å². The predicted molar refractivity (Wildman–Crippen MR) is 70.8 cm³/mol. The lowest BCUT2D eigenvalue weighted by atomic mass is 10.2. The lowest BCUT2D eigenvalue weighted by Crippen LogP contribution is -2.13. The zero-order valence-electron chi connectivity index (χ0n) is 8.89. The quantitative estimate of drug-likeness (QED) is 0.831. The van der Waals surface area contributed by atoms with Crippen molar-refractivity contribution in [2.24, 2.45) is 0 Å². The zero-order valence-corrected chi connectivity index (χ0v) is 11.2. The Labute approximate surface area is 116 Å². The van der Waals surface area contributed by atoms with Crippen LogP contribution in [-0.4, -0.2) is 21.0 Å². The van der Waals surface area contributed by atoms with Gasteiger partial charge in [-0.25, -0.2) is 9.97 Å². The first-order chi connectivity index (χ1) is 8.56. The van der Waals surface area contributed by atoms with Gasteiger partial charge in [0.15, 0.2) is 0 Å². The summed E-state index contributed by atoms with van der Waals surface area (Å²) in [5, 5.41) is 12.2. The van der Waals surface area contributed by atoms with Crippen molar-refractivity contribution >= 4 is 39.3 Å². The standard InChI is InChI=1S/C11H7BrClN3O2/c12-6-1-2-7(8(17)5-6)10(18)15-9-3-4-14-11(13)16-9/h1-5,17H,(H,14,15,16,18). The van der Waals surface area contributed by atoms with E-state index in [1.807, 2.05) is 0 Å². The van der Waals surface area contributed by atoms with Crippen molar-refractivity contribution in [1.82, 2.24) is 9.97 Å². The van der Waals surface area contributed by atoms with Gasteiger partial charge in [0.1, 0.15) is 11.6 Å². The number of hydrogen-bond acceptors (Lipinski definition) is 4. The van der Waals surface area contributed by atoms with Gasteiger partial charge in [0.25, 0.3) is 5.91 Å². The number of phenols is 1. The Morgan fingerprint density at radius 1 is 1.39 bits per heavy atom. The molecule has 0 saturated carbocycles. The Balaban J connectivity index is 2.22. The maximum absolute atomic E-state index is 11.9. The third-order valence-electron chi connectivity index (χ3n) is 2.07. The number of carbonyl (C=O) groups is 1. The first kappa shape index (κ1) is 12.8. The lowest BCUT2D eigenvalue weighted by Gasteiger charge is -2.06. The van der Waals surface area contributed by atoms with Crippen molar-refractivity contribution in [3.63, 3.8) is 0 Å². The van der Waals surface area contributed by atoms with E-state index in [-0.39, 0.29) is 22.4 Å². The second-order valence-corrected chi connectivity index (χ2v) is 4.58. The monoisotopic (exact) mass is 327 g/mol. The number of nitrogens with zero attached hydrogens (tertiary/aromatic N) is 2. The molecule has 1 heterocycles. The summed E-state index contributed by atoms with van der Waals surface area (Å²) in [7, 11) is 0. The second kappa shape index (κ2) is 5.32. The minimum Gasteiger partial charge on any atom is -0.507 e. The summed E-state index contributed by atoms with van der Waals surface area (Å²) in [5.74, 6) is -0.334. The van der Waals surface area contributed by atoms with Crippen LogP contribution in [0.4, 0.5) is 5.82 Å². The molecule has 1 amide bonds. The van der Waals surface area contributed by atoms with Crippen molar-refractivity contribution < 1.29 is 9.90 Å². The van der Waals surface area contributed by atoms with Gasteiger partial charge in [0, 0.05) is 10.7 Å². The van der Waals surface area contributed by atoms with Gasteiger partial charge in [-0.1, -0.05) is 15.9 Å². The SMILES string of the molecule is O=C(Nc1ccnc(Cl)n1)c1ccc(Br)cc1O. The fourth-order valence-corrected chi connectivity index (χ4v) is 1.78. The number of halogens is 2. The summed E-state index contributed by atoms with van der Waals surface area (Å²) in [4.78, 5) is 19.4. The molecule has 2 aromatic rings. The van der Waals surface area contributed by atoms with E-state index in [0.717, 1.165) is 0 Å². The van der Waals surface area contributed by atoms with E-state index in [0.29, 0.717) is 4.47 Å². The molecular formula is C11H7BrClN3O2. The fraction of sp³-hybridized carbons (Fsp3) is 0. The molecule has 0 spiro atoms. The molecule has 18 heavy (non-hydrogen) atoms. The highest BCUT2D eigenvalue weighted by atomic mass is 79.9. The molecule has 0 aliphatic rings. The summed E-state index contributed by atoms with van der Waals surface area (Å²) < 4.78 is 0.682. The van der Waals surface area contributed by atoms with Crippen LogP contribution in [0.2, 0.25) is 5.28 Å². The molecule has 0 bridgehead atoms. The lowest BCUT2D eigenvalue weighted by molar-refractivity contribution is 0.102. The maximum Gasteiger partial charge on any atom is 0.260 e. The van der Waals surface area contributed by atoms with E-state index >= 15 is 0 Å². The molecule has 0 saturated heterocycles. The number of hydrogen-bond donors (Lipinski definition) is 2. The topological polar surface area (TPSA) is 75.1 Å². The Kier molecular flexibility index (Phi) is 3.78. The maximum atomic E-state index is 11.9. The summed E-state index contributed by atoms with van der Waals surface area (Å²) >= 11 is 8.79. The smallest absolute Gasteiger partial charge is 0.260 e. The van der Waals surface area contributed by atoms with Crippen LogP contribution >= 0.6 is 27.5 Å². The van der Waals surface area contributed by atoms with Crippen LogP contribution in [0, 0.1) is 0 Å². The van der Waals surface area contributed by atoms with Gasteiger partial charge in [0.2, 0.25) is 5.28 Å². The van der Waals surface area contributed by atoms with E-state index in [1.54, 1.807) is 6.07 Å². The van der Waals surface area contributed by atoms with Crippen LogP contribution in [0.3, 0.4) is 0 Å². The number of phenolic OH excluding ortho intramolecular Hbond substituents is 1. The third kappa shape index (κ3) is 2.96. The molecule has 2 N–H and O–H groups in total. The average Bonchev–Trinajstić information content (AvgIpc) is 2.28. The van der Waals surface area contributed by atoms with Crippen molar-refractivity contribution in [2.75, 3.05) is 5.32 Å². The number of aromatic nitrogens is 2. The molecule has 0 aliphatic heterocycles. The minimum absolute atomic E-state index is 0.0350. The van der Waals surface area contributed by atoms with E-state index in [9.17, 15) is 9.90 Å². The van der Waals surface area contributed by atoms with Crippen molar-refractivity contribution in [3.05, 3.63) is 45.8 Å². The van der Waals surface area contributed by atoms with Crippen LogP contribution in [0.5, 0.6) is 5.75 Å². The predicted octanol–water partition coefficient (Wildman–Crippen LogP) is 2.85. The molecule has 2 rings (SSSR count). The highest BCUT2D eigenvalue weighted by molar-refractivity contribution is 9.10. The third-order valence-corrected chi connectivity index (χ3v) is 2.75. The molecule has 0 unspecified atom stereocenters. The highest BCUT2D eigenvalue weighted by Gasteiger charge is 2.12. The van der Waals surface area contributed by atoms with Crippen molar-refractivity contribution in [1.29, 1.82) is 0 Å². The largest absolute Gasteiger partial charge is 0.507 e. The first-order valence-corrected chi connectivity index (χ1v) is 6.02. The number of nitrogens with one attached hydrogen (secondary N) is 1. The van der Waals surface area contributed by atoms with Gasteiger partial charge in [-0.05, 0) is 35.9 Å². The number of aromatic hydroxyl groups is 1. The minimum atomic E-state index is -0.477. The Morgan fingerprint density at radius 3 is 2.83 bits per heavy atom. The van der Waals surface area contributed by atoms with Gasteiger partial charge in [-0.2, -0.15) is 0 Å². The van der Waals surface area contributed by atoms with E-state index in [4.69, 9.17) is 11.6 Å². The number of rotatable bonds is 2. The van der Waals surface area contributed by atoms with Crippen LogP contribution in [0.25, 0.3) is 0 Å². The molecule has 1 aromatic heterocycles. The number of benzene rings is 1. The summed E-state index contributed by atoms with van der Waals surface area (Å²) in [6, 6.07) is 6.08. The van der Waals surface area contributed by atoms with E-state index < -0.39 is 5.91 Å². The Bertz CT molecular complexity index is 607. The molecular weight excluding hydrogens is 321 g/mol. The molecule has 7 heteroatoms. The van der Waals surface area contributed by atoms with Crippen LogP contribution in [-0.2, 0) is 0 Å². The molecule has 1 aromatic carbocycles. The van der Waals surface area contributed by atoms with Gasteiger partial charge in [-0.3, -0.25) is 4.79 Å². The van der Waals surface area contributed by atoms with Crippen LogP contribution < -0.4 is 5.32 Å². The average molecular weight is 329 g/mol. The van der Waals surface area contributed by atoms with Gasteiger partial charge < -0.3 is 10.4 Å². The summed E-state index contributed by atoms with van der Waals surface area (Å²) in [6.45, 7) is 0.